The highest BCUT2D eigenvalue weighted by Gasteiger charge is 2.13. The summed E-state index contributed by atoms with van der Waals surface area (Å²) in [5.74, 6) is 1.72. The van der Waals surface area contributed by atoms with Crippen molar-refractivity contribution < 1.29 is 9.84 Å². The smallest absolute Gasteiger partial charge is 0.163 e. The Morgan fingerprint density at radius 2 is 1.96 bits per heavy atom. The molecule has 6 nitrogen and oxygen atoms in total. The lowest BCUT2D eigenvalue weighted by Gasteiger charge is -2.13. The number of methoxy groups -OCH3 is 1. The van der Waals surface area contributed by atoms with Crippen molar-refractivity contribution in [3.63, 3.8) is 0 Å². The number of hydrogen-bond acceptors (Lipinski definition) is 6. The summed E-state index contributed by atoms with van der Waals surface area (Å²) in [6, 6.07) is 14.0. The number of aromatic hydroxyl groups is 1. The average molecular weight is 379 g/mol. The molecule has 4 aromatic rings. The molecular weight excluding hydrogens is 364 g/mol. The van der Waals surface area contributed by atoms with Crippen molar-refractivity contribution in [2.45, 2.75) is 0 Å². The molecule has 0 saturated carbocycles. The molecule has 2 heterocycles. The van der Waals surface area contributed by atoms with Gasteiger partial charge in [0.25, 0.3) is 0 Å². The fraction of sp³-hybridized carbons (Fsp3) is 0.0500. The fourth-order valence-corrected chi connectivity index (χ4v) is 2.86. The number of anilines is 2. The van der Waals surface area contributed by atoms with E-state index in [0.29, 0.717) is 28.1 Å². The van der Waals surface area contributed by atoms with Gasteiger partial charge in [-0.05, 0) is 42.5 Å². The third kappa shape index (κ3) is 3.47. The Labute approximate surface area is 160 Å². The molecule has 27 heavy (non-hydrogen) atoms. The zero-order valence-corrected chi connectivity index (χ0v) is 15.1. The number of phenolic OH excluding ortho intramolecular Hbond substituents is 1. The Kier molecular flexibility index (Phi) is 4.48. The SMILES string of the molecule is COc1ccc(O)c(Nc2nc(-c3cccnc3)nc3ccc(Cl)cc23)c1. The number of nitrogens with zero attached hydrogens (tertiary/aromatic N) is 3. The zero-order valence-electron chi connectivity index (χ0n) is 14.3. The van der Waals surface area contributed by atoms with E-state index in [1.165, 1.54) is 0 Å². The second kappa shape index (κ2) is 7.09. The molecular formula is C20H15ClN4O2. The summed E-state index contributed by atoms with van der Waals surface area (Å²) in [4.78, 5) is 13.4. The number of aromatic nitrogens is 3. The van der Waals surface area contributed by atoms with Gasteiger partial charge in [-0.1, -0.05) is 11.6 Å². The van der Waals surface area contributed by atoms with Crippen LogP contribution < -0.4 is 10.1 Å². The molecule has 0 unspecified atom stereocenters. The highest BCUT2D eigenvalue weighted by molar-refractivity contribution is 6.31. The summed E-state index contributed by atoms with van der Waals surface area (Å²) in [6.07, 6.45) is 3.39. The van der Waals surface area contributed by atoms with Gasteiger partial charge in [0, 0.05) is 34.4 Å². The fourth-order valence-electron chi connectivity index (χ4n) is 2.69. The van der Waals surface area contributed by atoms with Gasteiger partial charge in [-0.2, -0.15) is 0 Å². The predicted molar refractivity (Wildman–Crippen MR) is 106 cm³/mol. The van der Waals surface area contributed by atoms with E-state index in [0.717, 1.165) is 16.5 Å². The van der Waals surface area contributed by atoms with Crippen LogP contribution in [0.1, 0.15) is 0 Å². The average Bonchev–Trinajstić information content (AvgIpc) is 2.70. The molecule has 0 aliphatic heterocycles. The number of benzene rings is 2. The Hall–Kier alpha value is -3.38. The van der Waals surface area contributed by atoms with Crippen LogP contribution in [0.4, 0.5) is 11.5 Å². The van der Waals surface area contributed by atoms with E-state index in [2.05, 4.69) is 20.3 Å². The first-order chi connectivity index (χ1) is 13.1. The number of phenols is 1. The normalized spacial score (nSPS) is 10.7. The molecule has 2 aromatic heterocycles. The molecule has 0 radical (unpaired) electrons. The Morgan fingerprint density at radius 1 is 1.07 bits per heavy atom. The standard InChI is InChI=1S/C20H15ClN4O2/c1-27-14-5-7-18(26)17(10-14)24-20-15-9-13(21)4-6-16(15)23-19(25-20)12-3-2-8-22-11-12/h2-11,26H,1H3,(H,23,24,25). The van der Waals surface area contributed by atoms with Crippen LogP contribution in [-0.2, 0) is 0 Å². The molecule has 0 aliphatic carbocycles. The topological polar surface area (TPSA) is 80.2 Å². The third-order valence-corrected chi connectivity index (χ3v) is 4.27. The number of ether oxygens (including phenoxy) is 1. The Balaban J connectivity index is 1.89. The summed E-state index contributed by atoms with van der Waals surface area (Å²) >= 11 is 6.17. The van der Waals surface area contributed by atoms with Gasteiger partial charge in [-0.15, -0.1) is 0 Å². The second-order valence-electron chi connectivity index (χ2n) is 5.81. The maximum atomic E-state index is 10.2. The lowest BCUT2D eigenvalue weighted by molar-refractivity contribution is 0.413. The van der Waals surface area contributed by atoms with Gasteiger partial charge in [0.1, 0.15) is 17.3 Å². The van der Waals surface area contributed by atoms with Crippen LogP contribution in [-0.4, -0.2) is 27.2 Å². The third-order valence-electron chi connectivity index (χ3n) is 4.03. The van der Waals surface area contributed by atoms with Crippen LogP contribution in [0, 0.1) is 0 Å². The van der Waals surface area contributed by atoms with E-state index in [9.17, 15) is 5.11 Å². The molecule has 4 rings (SSSR count). The molecule has 0 bridgehead atoms. The Morgan fingerprint density at radius 3 is 2.74 bits per heavy atom. The van der Waals surface area contributed by atoms with Crippen molar-refractivity contribution in [3.8, 4) is 22.9 Å². The van der Waals surface area contributed by atoms with Crippen LogP contribution in [0.2, 0.25) is 5.02 Å². The zero-order chi connectivity index (χ0) is 18.8. The van der Waals surface area contributed by atoms with Crippen LogP contribution in [0.15, 0.2) is 60.9 Å². The molecule has 7 heteroatoms. The first kappa shape index (κ1) is 17.1. The Bertz CT molecular complexity index is 1120. The highest BCUT2D eigenvalue weighted by Crippen LogP contribution is 2.34. The number of halogens is 1. The van der Waals surface area contributed by atoms with E-state index < -0.39 is 0 Å². The summed E-state index contributed by atoms with van der Waals surface area (Å²) in [5.41, 5.74) is 1.97. The maximum Gasteiger partial charge on any atom is 0.163 e. The van der Waals surface area contributed by atoms with Gasteiger partial charge in [0.2, 0.25) is 0 Å². The lowest BCUT2D eigenvalue weighted by Crippen LogP contribution is -2.00. The minimum absolute atomic E-state index is 0.0764. The molecule has 0 aliphatic rings. The molecule has 0 atom stereocenters. The van der Waals surface area contributed by atoms with E-state index >= 15 is 0 Å². The molecule has 0 fully saturated rings. The number of rotatable bonds is 4. The van der Waals surface area contributed by atoms with Crippen molar-refractivity contribution in [1.82, 2.24) is 15.0 Å². The van der Waals surface area contributed by atoms with Crippen LogP contribution in [0.3, 0.4) is 0 Å². The van der Waals surface area contributed by atoms with Crippen LogP contribution in [0.5, 0.6) is 11.5 Å². The van der Waals surface area contributed by atoms with Crippen molar-refractivity contribution in [2.75, 3.05) is 12.4 Å². The molecule has 2 aromatic carbocycles. The largest absolute Gasteiger partial charge is 0.506 e. The number of nitrogens with one attached hydrogen (secondary N) is 1. The minimum atomic E-state index is 0.0764. The van der Waals surface area contributed by atoms with E-state index in [-0.39, 0.29) is 5.75 Å². The lowest BCUT2D eigenvalue weighted by atomic mass is 10.2. The van der Waals surface area contributed by atoms with E-state index in [4.69, 9.17) is 16.3 Å². The van der Waals surface area contributed by atoms with Crippen molar-refractivity contribution in [2.24, 2.45) is 0 Å². The first-order valence-electron chi connectivity index (χ1n) is 8.16. The van der Waals surface area contributed by atoms with Crippen LogP contribution in [0.25, 0.3) is 22.3 Å². The van der Waals surface area contributed by atoms with Crippen molar-refractivity contribution in [1.29, 1.82) is 0 Å². The second-order valence-corrected chi connectivity index (χ2v) is 6.24. The molecule has 134 valence electrons. The van der Waals surface area contributed by atoms with E-state index in [1.54, 1.807) is 49.8 Å². The quantitative estimate of drug-likeness (QED) is 0.496. The van der Waals surface area contributed by atoms with Gasteiger partial charge in [0.15, 0.2) is 5.82 Å². The van der Waals surface area contributed by atoms with Crippen molar-refractivity contribution in [3.05, 3.63) is 65.9 Å². The highest BCUT2D eigenvalue weighted by atomic mass is 35.5. The monoisotopic (exact) mass is 378 g/mol. The van der Waals surface area contributed by atoms with Gasteiger partial charge in [0.05, 0.1) is 18.3 Å². The molecule has 0 saturated heterocycles. The number of hydrogen-bond donors (Lipinski definition) is 2. The first-order valence-corrected chi connectivity index (χ1v) is 8.53. The van der Waals surface area contributed by atoms with Gasteiger partial charge >= 0.3 is 0 Å². The summed E-state index contributed by atoms with van der Waals surface area (Å²) < 4.78 is 5.23. The summed E-state index contributed by atoms with van der Waals surface area (Å²) in [5, 5.41) is 14.7. The van der Waals surface area contributed by atoms with Gasteiger partial charge in [-0.25, -0.2) is 9.97 Å². The molecule has 0 spiro atoms. The summed E-state index contributed by atoms with van der Waals surface area (Å²) in [7, 11) is 1.57. The maximum absolute atomic E-state index is 10.2. The van der Waals surface area contributed by atoms with E-state index in [1.807, 2.05) is 18.2 Å². The van der Waals surface area contributed by atoms with Gasteiger partial charge in [-0.3, -0.25) is 4.98 Å². The van der Waals surface area contributed by atoms with Gasteiger partial charge < -0.3 is 15.2 Å². The molecule has 2 N–H and O–H groups in total. The molecule has 0 amide bonds. The summed E-state index contributed by atoms with van der Waals surface area (Å²) in [6.45, 7) is 0. The number of fused-ring (bicyclic) bond motifs is 1. The predicted octanol–water partition coefficient (Wildman–Crippen LogP) is 4.80. The number of pyridine rings is 1. The van der Waals surface area contributed by atoms with Crippen LogP contribution >= 0.6 is 11.6 Å². The minimum Gasteiger partial charge on any atom is -0.506 e. The van der Waals surface area contributed by atoms with Crippen molar-refractivity contribution >= 4 is 34.0 Å².